The first-order chi connectivity index (χ1) is 11.7. The van der Waals surface area contributed by atoms with Crippen molar-refractivity contribution in [2.45, 2.75) is 6.61 Å². The highest BCUT2D eigenvalue weighted by Gasteiger charge is 2.11. The number of rotatable bonds is 5. The van der Waals surface area contributed by atoms with Crippen molar-refractivity contribution in [1.82, 2.24) is 4.98 Å². The molecule has 0 fully saturated rings. The fourth-order valence-corrected chi connectivity index (χ4v) is 2.22. The second-order valence-electron chi connectivity index (χ2n) is 5.17. The quantitative estimate of drug-likeness (QED) is 0.532. The highest BCUT2D eigenvalue weighted by atomic mass is 16.5. The Hall–Kier alpha value is -3.27. The van der Waals surface area contributed by atoms with Gasteiger partial charge in [-0.25, -0.2) is 4.79 Å². The molecule has 1 aromatic heterocycles. The Labute approximate surface area is 139 Å². The fourth-order valence-electron chi connectivity index (χ4n) is 2.22. The largest absolute Gasteiger partial charge is 0.456 e. The summed E-state index contributed by atoms with van der Waals surface area (Å²) in [5.74, 6) is -0.525. The SMILES string of the molecule is O=C(OCc1ccccn1)c1ccc(C(=O)c2ccccc2)cc1. The molecule has 0 aliphatic carbocycles. The number of carbonyl (C=O) groups is 2. The maximum absolute atomic E-state index is 12.3. The molecule has 4 nitrogen and oxygen atoms in total. The number of aromatic nitrogens is 1. The summed E-state index contributed by atoms with van der Waals surface area (Å²) in [4.78, 5) is 28.4. The number of hydrogen-bond donors (Lipinski definition) is 0. The Bertz CT molecular complexity index is 828. The van der Waals surface area contributed by atoms with E-state index >= 15 is 0 Å². The number of hydrogen-bond acceptors (Lipinski definition) is 4. The van der Waals surface area contributed by atoms with Crippen molar-refractivity contribution in [3.05, 3.63) is 101 Å². The standard InChI is InChI=1S/C20H15NO3/c22-19(15-6-2-1-3-7-15)16-9-11-17(12-10-16)20(23)24-14-18-8-4-5-13-21-18/h1-13H,14H2. The van der Waals surface area contributed by atoms with Gasteiger partial charge in [-0.2, -0.15) is 0 Å². The van der Waals surface area contributed by atoms with Crippen molar-refractivity contribution in [2.24, 2.45) is 0 Å². The van der Waals surface area contributed by atoms with Gasteiger partial charge in [0.05, 0.1) is 11.3 Å². The van der Waals surface area contributed by atoms with Crippen molar-refractivity contribution >= 4 is 11.8 Å². The lowest BCUT2D eigenvalue weighted by Crippen LogP contribution is -2.07. The molecule has 3 rings (SSSR count). The van der Waals surface area contributed by atoms with Crippen LogP contribution in [0.3, 0.4) is 0 Å². The third-order valence-corrected chi connectivity index (χ3v) is 3.50. The molecule has 0 saturated carbocycles. The van der Waals surface area contributed by atoms with Gasteiger partial charge in [-0.3, -0.25) is 9.78 Å². The highest BCUT2D eigenvalue weighted by Crippen LogP contribution is 2.12. The normalized spacial score (nSPS) is 10.2. The van der Waals surface area contributed by atoms with Crippen LogP contribution in [0.2, 0.25) is 0 Å². The molecule has 118 valence electrons. The summed E-state index contributed by atoms with van der Waals surface area (Å²) in [5, 5.41) is 0. The maximum atomic E-state index is 12.3. The van der Waals surface area contributed by atoms with Crippen LogP contribution in [0.5, 0.6) is 0 Å². The van der Waals surface area contributed by atoms with E-state index in [1.165, 1.54) is 0 Å². The van der Waals surface area contributed by atoms with Crippen molar-refractivity contribution in [3.8, 4) is 0 Å². The summed E-state index contributed by atoms with van der Waals surface area (Å²) in [6, 6.07) is 20.9. The van der Waals surface area contributed by atoms with Gasteiger partial charge >= 0.3 is 5.97 Å². The molecule has 1 heterocycles. The molecule has 0 amide bonds. The lowest BCUT2D eigenvalue weighted by atomic mass is 10.0. The lowest BCUT2D eigenvalue weighted by molar-refractivity contribution is 0.0467. The summed E-state index contributed by atoms with van der Waals surface area (Å²) in [7, 11) is 0. The summed E-state index contributed by atoms with van der Waals surface area (Å²) in [6.45, 7) is 0.115. The van der Waals surface area contributed by atoms with E-state index in [4.69, 9.17) is 4.74 Å². The van der Waals surface area contributed by atoms with Gasteiger partial charge < -0.3 is 4.74 Å². The second-order valence-corrected chi connectivity index (χ2v) is 5.17. The van der Waals surface area contributed by atoms with Crippen LogP contribution in [0.25, 0.3) is 0 Å². The molecule has 0 bridgehead atoms. The number of ketones is 1. The van der Waals surface area contributed by atoms with E-state index in [1.54, 1.807) is 54.7 Å². The molecular formula is C20H15NO3. The first-order valence-electron chi connectivity index (χ1n) is 7.51. The summed E-state index contributed by atoms with van der Waals surface area (Å²) >= 11 is 0. The Morgan fingerprint density at radius 3 is 2.04 bits per heavy atom. The predicted molar refractivity (Wildman–Crippen MR) is 89.7 cm³/mol. The molecule has 0 aliphatic rings. The molecule has 24 heavy (non-hydrogen) atoms. The average molecular weight is 317 g/mol. The first kappa shape index (κ1) is 15.6. The first-order valence-corrected chi connectivity index (χ1v) is 7.51. The average Bonchev–Trinajstić information content (AvgIpc) is 2.67. The summed E-state index contributed by atoms with van der Waals surface area (Å²) in [5.41, 5.74) is 2.22. The minimum atomic E-state index is -0.445. The van der Waals surface area contributed by atoms with Gasteiger partial charge in [0.2, 0.25) is 0 Å². The smallest absolute Gasteiger partial charge is 0.338 e. The van der Waals surface area contributed by atoms with Gasteiger partial charge in [-0.15, -0.1) is 0 Å². The van der Waals surface area contributed by atoms with E-state index in [0.717, 1.165) is 0 Å². The highest BCUT2D eigenvalue weighted by molar-refractivity contribution is 6.09. The Morgan fingerprint density at radius 2 is 1.38 bits per heavy atom. The molecule has 0 unspecified atom stereocenters. The van der Waals surface area contributed by atoms with Crippen molar-refractivity contribution in [1.29, 1.82) is 0 Å². The molecular weight excluding hydrogens is 302 g/mol. The maximum Gasteiger partial charge on any atom is 0.338 e. The number of benzene rings is 2. The third-order valence-electron chi connectivity index (χ3n) is 3.50. The molecule has 3 aromatic rings. The van der Waals surface area contributed by atoms with Gasteiger partial charge in [0.1, 0.15) is 6.61 Å². The second kappa shape index (κ2) is 7.33. The summed E-state index contributed by atoms with van der Waals surface area (Å²) in [6.07, 6.45) is 1.65. The van der Waals surface area contributed by atoms with E-state index in [2.05, 4.69) is 4.98 Å². The van der Waals surface area contributed by atoms with Crippen molar-refractivity contribution in [3.63, 3.8) is 0 Å². The number of esters is 1. The molecule has 0 spiro atoms. The fraction of sp³-hybridized carbons (Fsp3) is 0.0500. The minimum Gasteiger partial charge on any atom is -0.456 e. The number of nitrogens with zero attached hydrogens (tertiary/aromatic N) is 1. The van der Waals surface area contributed by atoms with Gasteiger partial charge in [0, 0.05) is 17.3 Å². The van der Waals surface area contributed by atoms with Crippen LogP contribution in [-0.4, -0.2) is 16.7 Å². The zero-order valence-electron chi connectivity index (χ0n) is 12.9. The Kier molecular flexibility index (Phi) is 4.77. The van der Waals surface area contributed by atoms with Gasteiger partial charge in [0.25, 0.3) is 0 Å². The molecule has 0 saturated heterocycles. The molecule has 0 atom stereocenters. The van der Waals surface area contributed by atoms with Crippen LogP contribution < -0.4 is 0 Å². The van der Waals surface area contributed by atoms with E-state index in [0.29, 0.717) is 22.4 Å². The predicted octanol–water partition coefficient (Wildman–Crippen LogP) is 3.67. The Balaban J connectivity index is 1.66. The zero-order chi connectivity index (χ0) is 16.8. The number of ether oxygens (including phenoxy) is 1. The lowest BCUT2D eigenvalue weighted by Gasteiger charge is -2.05. The van der Waals surface area contributed by atoms with E-state index in [1.807, 2.05) is 24.3 Å². The number of pyridine rings is 1. The van der Waals surface area contributed by atoms with E-state index in [-0.39, 0.29) is 12.4 Å². The van der Waals surface area contributed by atoms with Crippen LogP contribution in [0.1, 0.15) is 32.0 Å². The van der Waals surface area contributed by atoms with Crippen LogP contribution in [0.4, 0.5) is 0 Å². The van der Waals surface area contributed by atoms with Crippen LogP contribution in [0.15, 0.2) is 79.0 Å². The molecule has 4 heteroatoms. The Morgan fingerprint density at radius 1 is 0.750 bits per heavy atom. The van der Waals surface area contributed by atoms with Crippen LogP contribution in [-0.2, 0) is 11.3 Å². The van der Waals surface area contributed by atoms with Crippen LogP contribution in [0, 0.1) is 0 Å². The minimum absolute atomic E-state index is 0.0796. The van der Waals surface area contributed by atoms with Gasteiger partial charge in [-0.05, 0) is 24.3 Å². The van der Waals surface area contributed by atoms with Gasteiger partial charge in [0.15, 0.2) is 5.78 Å². The third kappa shape index (κ3) is 3.73. The topological polar surface area (TPSA) is 56.3 Å². The summed E-state index contributed by atoms with van der Waals surface area (Å²) < 4.78 is 5.21. The van der Waals surface area contributed by atoms with E-state index < -0.39 is 5.97 Å². The zero-order valence-corrected chi connectivity index (χ0v) is 12.9. The van der Waals surface area contributed by atoms with Crippen LogP contribution >= 0.6 is 0 Å². The monoisotopic (exact) mass is 317 g/mol. The molecule has 2 aromatic carbocycles. The molecule has 0 N–H and O–H groups in total. The number of carbonyl (C=O) groups excluding carboxylic acids is 2. The molecule has 0 radical (unpaired) electrons. The van der Waals surface area contributed by atoms with E-state index in [9.17, 15) is 9.59 Å². The molecule has 0 aliphatic heterocycles. The van der Waals surface area contributed by atoms with Crippen molar-refractivity contribution < 1.29 is 14.3 Å². The van der Waals surface area contributed by atoms with Crippen molar-refractivity contribution in [2.75, 3.05) is 0 Å². The van der Waals surface area contributed by atoms with Gasteiger partial charge in [-0.1, -0.05) is 48.5 Å².